The maximum atomic E-state index is 12.6. The number of hydrogen-bond acceptors (Lipinski definition) is 5. The number of likely N-dealkylation sites (tertiary alicyclic amines) is 1. The molecule has 0 saturated carbocycles. The van der Waals surface area contributed by atoms with E-state index in [9.17, 15) is 9.90 Å². The van der Waals surface area contributed by atoms with Gasteiger partial charge in [-0.05, 0) is 65.8 Å². The molecular weight excluding hydrogens is 548 g/mol. The van der Waals surface area contributed by atoms with Crippen molar-refractivity contribution < 1.29 is 14.6 Å². The molecule has 6 rings (SSSR count). The minimum atomic E-state index is -1.26. The number of hydrogen-bond donors (Lipinski definition) is 1. The lowest BCUT2D eigenvalue weighted by Gasteiger charge is -2.42. The van der Waals surface area contributed by atoms with Gasteiger partial charge < -0.3 is 14.7 Å². The van der Waals surface area contributed by atoms with E-state index in [1.54, 1.807) is 20.2 Å². The van der Waals surface area contributed by atoms with E-state index in [0.29, 0.717) is 48.8 Å². The number of fused-ring (bicyclic) bond motifs is 1. The van der Waals surface area contributed by atoms with Gasteiger partial charge >= 0.3 is 0 Å². The summed E-state index contributed by atoms with van der Waals surface area (Å²) >= 11 is 7.14. The number of pyridine rings is 1. The fraction of sp³-hybridized carbons (Fsp3) is 0.265. The number of ether oxygens (including phenoxy) is 1. The Balaban J connectivity index is 1.40. The van der Waals surface area contributed by atoms with Gasteiger partial charge in [0.1, 0.15) is 5.60 Å². The second-order valence-corrected chi connectivity index (χ2v) is 11.2. The number of carbonyl (C=O) groups excluding carboxylic acids is 1. The molecule has 0 bridgehead atoms. The molecule has 7 nitrogen and oxygen atoms in total. The van der Waals surface area contributed by atoms with E-state index in [2.05, 4.69) is 17.2 Å². The van der Waals surface area contributed by atoms with Gasteiger partial charge in [0.15, 0.2) is 0 Å². The van der Waals surface area contributed by atoms with Crippen LogP contribution in [0.2, 0.25) is 5.02 Å². The molecule has 1 aliphatic heterocycles. The van der Waals surface area contributed by atoms with Crippen LogP contribution in [0.3, 0.4) is 0 Å². The number of halogens is 1. The third-order valence-corrected chi connectivity index (χ3v) is 8.87. The van der Waals surface area contributed by atoms with Gasteiger partial charge in [0.05, 0.1) is 23.3 Å². The molecule has 1 fully saturated rings. The van der Waals surface area contributed by atoms with E-state index < -0.39 is 5.60 Å². The van der Waals surface area contributed by atoms with Gasteiger partial charge in [0.2, 0.25) is 11.8 Å². The Morgan fingerprint density at radius 2 is 1.76 bits per heavy atom. The Labute approximate surface area is 250 Å². The average Bonchev–Trinajstić information content (AvgIpc) is 3.58. The summed E-state index contributed by atoms with van der Waals surface area (Å²) in [5.74, 6) is 0.467. The Kier molecular flexibility index (Phi) is 7.71. The smallest absolute Gasteiger partial charge is 0.219 e. The van der Waals surface area contributed by atoms with E-state index in [-0.39, 0.29) is 11.8 Å². The van der Waals surface area contributed by atoms with Crippen LogP contribution in [0.5, 0.6) is 5.88 Å². The zero-order valence-electron chi connectivity index (χ0n) is 23.7. The van der Waals surface area contributed by atoms with Crippen LogP contribution in [-0.2, 0) is 16.8 Å². The maximum Gasteiger partial charge on any atom is 0.219 e. The van der Waals surface area contributed by atoms with Crippen LogP contribution < -0.4 is 4.74 Å². The third-order valence-electron chi connectivity index (χ3n) is 8.44. The number of aliphatic hydroxyl groups is 1. The molecule has 1 atom stereocenters. The van der Waals surface area contributed by atoms with Crippen LogP contribution in [0.1, 0.15) is 42.0 Å². The molecule has 1 amide bonds. The molecule has 0 unspecified atom stereocenters. The highest BCUT2D eigenvalue weighted by atomic mass is 35.5. The summed E-state index contributed by atoms with van der Waals surface area (Å²) in [6.45, 7) is 2.83. The number of rotatable bonds is 7. The molecule has 1 saturated heterocycles. The molecule has 214 valence electrons. The lowest BCUT2D eigenvalue weighted by atomic mass is 9.72. The lowest BCUT2D eigenvalue weighted by Crippen LogP contribution is -2.45. The topological polar surface area (TPSA) is 80.5 Å². The van der Waals surface area contributed by atoms with E-state index in [0.717, 1.165) is 33.3 Å². The number of methoxy groups -OCH3 is 1. The molecule has 3 heterocycles. The summed E-state index contributed by atoms with van der Waals surface area (Å²) in [4.78, 5) is 18.6. The van der Waals surface area contributed by atoms with Crippen molar-refractivity contribution in [3.63, 3.8) is 0 Å². The average molecular weight is 581 g/mol. The molecule has 2 aromatic heterocycles. The van der Waals surface area contributed by atoms with Crippen molar-refractivity contribution in [2.24, 2.45) is 5.92 Å². The van der Waals surface area contributed by atoms with Crippen molar-refractivity contribution in [2.45, 2.75) is 31.8 Å². The second-order valence-electron chi connectivity index (χ2n) is 10.9. The van der Waals surface area contributed by atoms with Crippen molar-refractivity contribution in [1.82, 2.24) is 19.7 Å². The van der Waals surface area contributed by atoms with Crippen LogP contribution >= 0.6 is 11.6 Å². The van der Waals surface area contributed by atoms with Crippen LogP contribution in [0.25, 0.3) is 16.6 Å². The number of nitrogens with zero attached hydrogens (tertiary/aromatic N) is 4. The standard InChI is InChI=1S/C34H33ClN4O3/c1-23(40)38-19-15-26(16-20-38)34(41,25-7-4-3-5-8-25)27-11-14-31-29(22-27)32(35)30(33(37-31)42-2)21-24-9-12-28(13-10-24)39-18-6-17-36-39/h3-14,17-18,22,26,41H,15-16,19-21H2,1-2H3/t34-/m1/s1. The molecule has 0 spiro atoms. The van der Waals surface area contributed by atoms with Crippen LogP contribution in [0, 0.1) is 5.92 Å². The summed E-state index contributed by atoms with van der Waals surface area (Å²) in [7, 11) is 1.60. The lowest BCUT2D eigenvalue weighted by molar-refractivity contribution is -0.131. The quantitative estimate of drug-likeness (QED) is 0.249. The van der Waals surface area contributed by atoms with Crippen LogP contribution in [-0.4, -0.2) is 50.9 Å². The molecule has 0 radical (unpaired) electrons. The fourth-order valence-corrected chi connectivity index (χ4v) is 6.44. The normalized spacial score (nSPS) is 15.5. The monoisotopic (exact) mass is 580 g/mol. The van der Waals surface area contributed by atoms with Gasteiger partial charge in [-0.15, -0.1) is 0 Å². The molecule has 1 N–H and O–H groups in total. The van der Waals surface area contributed by atoms with Gasteiger partial charge in [-0.2, -0.15) is 5.10 Å². The zero-order chi connectivity index (χ0) is 29.3. The Hall–Kier alpha value is -4.20. The third kappa shape index (κ3) is 5.14. The van der Waals surface area contributed by atoms with Crippen molar-refractivity contribution in [3.8, 4) is 11.6 Å². The van der Waals surface area contributed by atoms with E-state index in [1.807, 2.05) is 82.5 Å². The Morgan fingerprint density at radius 1 is 1.02 bits per heavy atom. The van der Waals surface area contributed by atoms with E-state index >= 15 is 0 Å². The molecule has 42 heavy (non-hydrogen) atoms. The summed E-state index contributed by atoms with van der Waals surface area (Å²) in [6, 6.07) is 25.6. The molecular formula is C34H33ClN4O3. The van der Waals surface area contributed by atoms with Gasteiger partial charge in [-0.25, -0.2) is 9.67 Å². The number of benzene rings is 3. The highest BCUT2D eigenvalue weighted by Crippen LogP contribution is 2.44. The highest BCUT2D eigenvalue weighted by Gasteiger charge is 2.42. The fourth-order valence-electron chi connectivity index (χ4n) is 6.14. The van der Waals surface area contributed by atoms with Crippen molar-refractivity contribution in [2.75, 3.05) is 20.2 Å². The molecule has 1 aliphatic rings. The Morgan fingerprint density at radius 3 is 2.40 bits per heavy atom. The minimum absolute atomic E-state index is 0.0674. The summed E-state index contributed by atoms with van der Waals surface area (Å²) in [6.07, 6.45) is 5.57. The summed E-state index contributed by atoms with van der Waals surface area (Å²) < 4.78 is 7.50. The summed E-state index contributed by atoms with van der Waals surface area (Å²) in [5.41, 5.74) is 3.82. The predicted octanol–water partition coefficient (Wildman–Crippen LogP) is 6.17. The molecule has 0 aliphatic carbocycles. The zero-order valence-corrected chi connectivity index (χ0v) is 24.5. The van der Waals surface area contributed by atoms with E-state index in [4.69, 9.17) is 21.3 Å². The number of aromatic nitrogens is 3. The first-order valence-electron chi connectivity index (χ1n) is 14.2. The van der Waals surface area contributed by atoms with Crippen molar-refractivity contribution in [3.05, 3.63) is 119 Å². The number of piperidine rings is 1. The Bertz CT molecular complexity index is 1700. The van der Waals surface area contributed by atoms with Gasteiger partial charge in [-0.1, -0.05) is 60.1 Å². The molecule has 5 aromatic rings. The highest BCUT2D eigenvalue weighted by molar-refractivity contribution is 6.36. The van der Waals surface area contributed by atoms with Crippen LogP contribution in [0.15, 0.2) is 91.3 Å². The first-order chi connectivity index (χ1) is 20.4. The first-order valence-corrected chi connectivity index (χ1v) is 14.5. The SMILES string of the molecule is COc1nc2ccc([C@@](O)(c3ccccc3)C3CCN(C(C)=O)CC3)cc2c(Cl)c1Cc1ccc(-n2cccn2)cc1. The van der Waals surface area contributed by atoms with Gasteiger partial charge in [0, 0.05) is 49.8 Å². The van der Waals surface area contributed by atoms with Gasteiger partial charge in [-0.3, -0.25) is 4.79 Å². The minimum Gasteiger partial charge on any atom is -0.481 e. The molecule has 3 aromatic carbocycles. The predicted molar refractivity (Wildman–Crippen MR) is 164 cm³/mol. The van der Waals surface area contributed by atoms with E-state index in [1.165, 1.54) is 0 Å². The van der Waals surface area contributed by atoms with Crippen LogP contribution in [0.4, 0.5) is 0 Å². The molecule has 8 heteroatoms. The number of carbonyl (C=O) groups is 1. The number of amides is 1. The summed E-state index contributed by atoms with van der Waals surface area (Å²) in [5, 5.41) is 18.2. The maximum absolute atomic E-state index is 12.6. The second kappa shape index (κ2) is 11.6. The van der Waals surface area contributed by atoms with Crippen molar-refractivity contribution >= 4 is 28.4 Å². The largest absolute Gasteiger partial charge is 0.481 e. The first kappa shape index (κ1) is 27.9. The van der Waals surface area contributed by atoms with Crippen molar-refractivity contribution in [1.29, 1.82) is 0 Å². The van der Waals surface area contributed by atoms with Gasteiger partial charge in [0.25, 0.3) is 0 Å².